The van der Waals surface area contributed by atoms with Gasteiger partial charge in [-0.1, -0.05) is 6.07 Å². The fourth-order valence-corrected chi connectivity index (χ4v) is 2.74. The second kappa shape index (κ2) is 4.63. The lowest BCUT2D eigenvalue weighted by Gasteiger charge is -2.20. The molecule has 1 saturated carbocycles. The van der Waals surface area contributed by atoms with Crippen LogP contribution in [0.1, 0.15) is 41.0 Å². The fourth-order valence-electron chi connectivity index (χ4n) is 2.74. The summed E-state index contributed by atoms with van der Waals surface area (Å²) in [6, 6.07) is 1.98. The maximum Gasteiger partial charge on any atom is 0.311 e. The summed E-state index contributed by atoms with van der Waals surface area (Å²) < 4.78 is 5.38. The average Bonchev–Trinajstić information content (AvgIpc) is 3.10. The van der Waals surface area contributed by atoms with Crippen LogP contribution in [0.15, 0.2) is 6.07 Å². The van der Waals surface area contributed by atoms with Gasteiger partial charge in [0.25, 0.3) is 0 Å². The molecule has 1 aromatic carbocycles. The summed E-state index contributed by atoms with van der Waals surface area (Å²) in [7, 11) is 1.66. The van der Waals surface area contributed by atoms with E-state index in [1.807, 2.05) is 26.8 Å². The van der Waals surface area contributed by atoms with Crippen molar-refractivity contribution in [3.63, 3.8) is 0 Å². The normalized spacial score (nSPS) is 16.4. The van der Waals surface area contributed by atoms with Crippen LogP contribution in [0, 0.1) is 26.7 Å². The molecule has 0 aromatic heterocycles. The number of aliphatic carboxylic acids is 1. The quantitative estimate of drug-likeness (QED) is 0.890. The Kier molecular flexibility index (Phi) is 3.33. The van der Waals surface area contributed by atoms with Crippen LogP contribution in [-0.4, -0.2) is 18.2 Å². The number of carboxylic acid groups (broad SMARTS) is 1. The van der Waals surface area contributed by atoms with E-state index in [9.17, 15) is 9.90 Å². The molecule has 0 heterocycles. The topological polar surface area (TPSA) is 46.5 Å². The molecule has 0 spiro atoms. The van der Waals surface area contributed by atoms with Crippen LogP contribution in [0.5, 0.6) is 5.75 Å². The van der Waals surface area contributed by atoms with Gasteiger partial charge in [0.1, 0.15) is 5.75 Å². The van der Waals surface area contributed by atoms with E-state index < -0.39 is 5.97 Å². The van der Waals surface area contributed by atoms with Gasteiger partial charge in [-0.25, -0.2) is 0 Å². The van der Waals surface area contributed by atoms with Gasteiger partial charge >= 0.3 is 5.97 Å². The zero-order valence-electron chi connectivity index (χ0n) is 11.4. The minimum Gasteiger partial charge on any atom is -0.496 e. The predicted molar refractivity (Wildman–Crippen MR) is 70.3 cm³/mol. The van der Waals surface area contributed by atoms with E-state index in [1.54, 1.807) is 7.11 Å². The fraction of sp³-hybridized carbons (Fsp3) is 0.533. The second-order valence-electron chi connectivity index (χ2n) is 5.22. The van der Waals surface area contributed by atoms with Gasteiger partial charge < -0.3 is 9.84 Å². The Hall–Kier alpha value is -1.51. The van der Waals surface area contributed by atoms with Crippen LogP contribution in [0.3, 0.4) is 0 Å². The number of carboxylic acids is 1. The number of methoxy groups -OCH3 is 1. The van der Waals surface area contributed by atoms with Crippen LogP contribution < -0.4 is 4.74 Å². The third kappa shape index (κ3) is 2.09. The van der Waals surface area contributed by atoms with Crippen LogP contribution in [0.25, 0.3) is 0 Å². The summed E-state index contributed by atoms with van der Waals surface area (Å²) in [6.07, 6.45) is 2.06. The van der Waals surface area contributed by atoms with Crippen molar-refractivity contribution >= 4 is 5.97 Å². The van der Waals surface area contributed by atoms with Gasteiger partial charge in [-0.2, -0.15) is 0 Å². The Morgan fingerprint density at radius 2 is 1.94 bits per heavy atom. The molecule has 1 fully saturated rings. The maximum absolute atomic E-state index is 11.5. The molecule has 0 aliphatic heterocycles. The first-order chi connectivity index (χ1) is 8.47. The first-order valence-electron chi connectivity index (χ1n) is 6.34. The molecule has 1 N–H and O–H groups in total. The first-order valence-corrected chi connectivity index (χ1v) is 6.34. The average molecular weight is 248 g/mol. The molecule has 18 heavy (non-hydrogen) atoms. The molecule has 0 radical (unpaired) electrons. The van der Waals surface area contributed by atoms with E-state index >= 15 is 0 Å². The van der Waals surface area contributed by atoms with Crippen molar-refractivity contribution in [3.8, 4) is 5.75 Å². The van der Waals surface area contributed by atoms with Gasteiger partial charge in [-0.05, 0) is 61.8 Å². The highest BCUT2D eigenvalue weighted by Gasteiger charge is 2.38. The number of aryl methyl sites for hydroxylation is 1. The van der Waals surface area contributed by atoms with E-state index in [4.69, 9.17) is 4.74 Å². The highest BCUT2D eigenvalue weighted by atomic mass is 16.5. The van der Waals surface area contributed by atoms with Crippen molar-refractivity contribution in [1.29, 1.82) is 0 Å². The maximum atomic E-state index is 11.5. The Labute approximate surface area is 108 Å². The summed E-state index contributed by atoms with van der Waals surface area (Å²) in [6.45, 7) is 5.96. The Morgan fingerprint density at radius 1 is 1.33 bits per heavy atom. The SMILES string of the molecule is COc1c(C)cc(C(C(=O)O)C2CC2)c(C)c1C. The number of ether oxygens (including phenoxy) is 1. The molecule has 2 rings (SSSR count). The lowest BCUT2D eigenvalue weighted by Crippen LogP contribution is -2.16. The van der Waals surface area contributed by atoms with E-state index in [1.165, 1.54) is 0 Å². The monoisotopic (exact) mass is 248 g/mol. The van der Waals surface area contributed by atoms with Crippen molar-refractivity contribution in [3.05, 3.63) is 28.3 Å². The lowest BCUT2D eigenvalue weighted by molar-refractivity contribution is -0.139. The lowest BCUT2D eigenvalue weighted by atomic mass is 9.87. The molecule has 0 amide bonds. The second-order valence-corrected chi connectivity index (χ2v) is 5.22. The summed E-state index contributed by atoms with van der Waals surface area (Å²) in [5.74, 6) is 0.127. The highest BCUT2D eigenvalue weighted by molar-refractivity contribution is 5.78. The molecule has 1 aliphatic carbocycles. The van der Waals surface area contributed by atoms with Gasteiger partial charge in [0.15, 0.2) is 0 Å². The molecule has 3 nitrogen and oxygen atoms in total. The Bertz CT molecular complexity index is 487. The molecule has 1 aliphatic rings. The summed E-state index contributed by atoms with van der Waals surface area (Å²) in [5.41, 5.74) is 4.08. The van der Waals surface area contributed by atoms with Crippen molar-refractivity contribution in [1.82, 2.24) is 0 Å². The molecule has 98 valence electrons. The van der Waals surface area contributed by atoms with E-state index in [0.717, 1.165) is 40.8 Å². The zero-order valence-corrected chi connectivity index (χ0v) is 11.4. The van der Waals surface area contributed by atoms with Gasteiger partial charge in [0.05, 0.1) is 13.0 Å². The molecule has 1 atom stereocenters. The van der Waals surface area contributed by atoms with Crippen LogP contribution in [0.4, 0.5) is 0 Å². The summed E-state index contributed by atoms with van der Waals surface area (Å²) in [5, 5.41) is 9.44. The predicted octanol–water partition coefficient (Wildman–Crippen LogP) is 3.20. The van der Waals surface area contributed by atoms with Crippen molar-refractivity contribution in [2.45, 2.75) is 39.5 Å². The van der Waals surface area contributed by atoms with Gasteiger partial charge in [-0.15, -0.1) is 0 Å². The third-order valence-corrected chi connectivity index (χ3v) is 3.96. The number of rotatable bonds is 4. The molecule has 1 unspecified atom stereocenters. The van der Waals surface area contributed by atoms with Gasteiger partial charge in [0, 0.05) is 0 Å². The number of hydrogen-bond acceptors (Lipinski definition) is 2. The molecule has 3 heteroatoms. The summed E-state index contributed by atoms with van der Waals surface area (Å²) >= 11 is 0. The Morgan fingerprint density at radius 3 is 2.39 bits per heavy atom. The first kappa shape index (κ1) is 12.9. The standard InChI is InChI=1S/C15H20O3/c1-8-7-12(9(2)10(3)14(8)18-4)13(15(16)17)11-5-6-11/h7,11,13H,5-6H2,1-4H3,(H,16,17). The number of carbonyl (C=O) groups is 1. The molecule has 0 saturated heterocycles. The summed E-state index contributed by atoms with van der Waals surface area (Å²) in [4.78, 5) is 11.5. The molecular formula is C15H20O3. The minimum absolute atomic E-state index is 0.313. The molecule has 0 bridgehead atoms. The minimum atomic E-state index is -0.704. The number of hydrogen-bond donors (Lipinski definition) is 1. The molecule has 1 aromatic rings. The largest absolute Gasteiger partial charge is 0.496 e. The number of benzene rings is 1. The van der Waals surface area contributed by atoms with Crippen LogP contribution in [0.2, 0.25) is 0 Å². The van der Waals surface area contributed by atoms with Crippen LogP contribution in [-0.2, 0) is 4.79 Å². The van der Waals surface area contributed by atoms with E-state index in [2.05, 4.69) is 0 Å². The van der Waals surface area contributed by atoms with E-state index in [0.29, 0.717) is 5.92 Å². The highest BCUT2D eigenvalue weighted by Crippen LogP contribution is 2.45. The van der Waals surface area contributed by atoms with Gasteiger partial charge in [0.2, 0.25) is 0 Å². The van der Waals surface area contributed by atoms with Gasteiger partial charge in [-0.3, -0.25) is 4.79 Å². The van der Waals surface area contributed by atoms with Crippen molar-refractivity contribution in [2.75, 3.05) is 7.11 Å². The smallest absolute Gasteiger partial charge is 0.311 e. The zero-order chi connectivity index (χ0) is 13.4. The van der Waals surface area contributed by atoms with Crippen LogP contribution >= 0.6 is 0 Å². The Balaban J connectivity index is 2.53. The van der Waals surface area contributed by atoms with Crippen molar-refractivity contribution in [2.24, 2.45) is 5.92 Å². The third-order valence-electron chi connectivity index (χ3n) is 3.96. The van der Waals surface area contributed by atoms with E-state index in [-0.39, 0.29) is 5.92 Å². The van der Waals surface area contributed by atoms with Crippen molar-refractivity contribution < 1.29 is 14.6 Å². The molecular weight excluding hydrogens is 228 g/mol.